The first-order chi connectivity index (χ1) is 11.0. The van der Waals surface area contributed by atoms with Gasteiger partial charge in [0.15, 0.2) is 0 Å². The third kappa shape index (κ3) is 2.63. The first kappa shape index (κ1) is 15.4. The maximum absolute atomic E-state index is 12.5. The molecule has 6 nitrogen and oxygen atoms in total. The summed E-state index contributed by atoms with van der Waals surface area (Å²) in [6.45, 7) is 6.09. The fourth-order valence-corrected chi connectivity index (χ4v) is 3.42. The Morgan fingerprint density at radius 3 is 2.83 bits per heavy atom. The zero-order valence-electron chi connectivity index (χ0n) is 13.1. The number of anilines is 1. The van der Waals surface area contributed by atoms with E-state index in [-0.39, 0.29) is 11.5 Å². The van der Waals surface area contributed by atoms with Crippen LogP contribution < -0.4 is 10.9 Å². The van der Waals surface area contributed by atoms with Gasteiger partial charge in [0, 0.05) is 12.7 Å². The Balaban J connectivity index is 2.05. The molecule has 0 bridgehead atoms. The molecule has 7 heteroatoms. The highest BCUT2D eigenvalue weighted by molar-refractivity contribution is 7.20. The number of thiophene rings is 1. The van der Waals surface area contributed by atoms with E-state index in [0.717, 1.165) is 5.56 Å². The number of carbonyl (C=O) groups excluding carboxylic acids is 1. The van der Waals surface area contributed by atoms with Gasteiger partial charge in [-0.15, -0.1) is 11.3 Å². The van der Waals surface area contributed by atoms with E-state index in [1.165, 1.54) is 22.2 Å². The molecule has 0 unspecified atom stereocenters. The minimum atomic E-state index is -0.269. The van der Waals surface area contributed by atoms with E-state index in [1.807, 2.05) is 26.0 Å². The fourth-order valence-electron chi connectivity index (χ4n) is 2.38. The largest absolute Gasteiger partial charge is 0.306 e. The number of hydrogen-bond acceptors (Lipinski definition) is 5. The predicted molar refractivity (Wildman–Crippen MR) is 91.2 cm³/mol. The van der Waals surface area contributed by atoms with E-state index in [9.17, 15) is 9.59 Å². The number of amides is 1. The van der Waals surface area contributed by atoms with Crippen LogP contribution in [0.25, 0.3) is 10.2 Å². The predicted octanol–water partition coefficient (Wildman–Crippen LogP) is 2.74. The molecule has 0 atom stereocenters. The topological polar surface area (TPSA) is 76.9 Å². The lowest BCUT2D eigenvalue weighted by Crippen LogP contribution is -2.19. The molecule has 118 valence electrons. The minimum absolute atomic E-state index is 0.112. The van der Waals surface area contributed by atoms with Gasteiger partial charge in [0.25, 0.3) is 11.5 Å². The molecule has 0 aliphatic heterocycles. The van der Waals surface area contributed by atoms with E-state index < -0.39 is 0 Å². The summed E-state index contributed by atoms with van der Waals surface area (Å²) in [5, 5.41) is 3.32. The number of nitrogens with one attached hydrogen (secondary N) is 1. The van der Waals surface area contributed by atoms with Crippen LogP contribution in [0.4, 0.5) is 5.82 Å². The van der Waals surface area contributed by atoms with Gasteiger partial charge in [-0.1, -0.05) is 6.07 Å². The monoisotopic (exact) mass is 328 g/mol. The molecule has 3 rings (SSSR count). The summed E-state index contributed by atoms with van der Waals surface area (Å²) in [5.74, 6) is 0.253. The first-order valence-corrected chi connectivity index (χ1v) is 8.06. The van der Waals surface area contributed by atoms with Crippen molar-refractivity contribution in [2.24, 2.45) is 0 Å². The normalized spacial score (nSPS) is 10.9. The van der Waals surface area contributed by atoms with Crippen molar-refractivity contribution in [3.8, 4) is 0 Å². The lowest BCUT2D eigenvalue weighted by Gasteiger charge is -2.06. The molecular weight excluding hydrogens is 312 g/mol. The van der Waals surface area contributed by atoms with Crippen molar-refractivity contribution in [2.75, 3.05) is 5.32 Å². The molecule has 23 heavy (non-hydrogen) atoms. The Kier molecular flexibility index (Phi) is 3.96. The lowest BCUT2D eigenvalue weighted by atomic mass is 10.2. The van der Waals surface area contributed by atoms with Crippen LogP contribution in [-0.4, -0.2) is 20.4 Å². The van der Waals surface area contributed by atoms with Crippen molar-refractivity contribution in [1.82, 2.24) is 14.5 Å². The summed E-state index contributed by atoms with van der Waals surface area (Å²) in [7, 11) is 0. The first-order valence-electron chi connectivity index (χ1n) is 7.24. The molecule has 0 aliphatic carbocycles. The van der Waals surface area contributed by atoms with Crippen molar-refractivity contribution in [3.63, 3.8) is 0 Å². The molecule has 0 fully saturated rings. The van der Waals surface area contributed by atoms with Crippen LogP contribution in [0.15, 0.2) is 29.5 Å². The van der Waals surface area contributed by atoms with Crippen molar-refractivity contribution in [1.29, 1.82) is 0 Å². The zero-order valence-corrected chi connectivity index (χ0v) is 13.9. The highest BCUT2D eigenvalue weighted by Crippen LogP contribution is 2.27. The molecule has 1 N–H and O–H groups in total. The van der Waals surface area contributed by atoms with E-state index in [0.29, 0.717) is 33.0 Å². The maximum atomic E-state index is 12.5. The number of carbonyl (C=O) groups is 1. The van der Waals surface area contributed by atoms with Crippen molar-refractivity contribution in [2.45, 2.75) is 27.3 Å². The maximum Gasteiger partial charge on any atom is 0.267 e. The lowest BCUT2D eigenvalue weighted by molar-refractivity contribution is 0.102. The third-order valence-corrected chi connectivity index (χ3v) is 4.90. The second-order valence-electron chi connectivity index (χ2n) is 5.20. The van der Waals surface area contributed by atoms with Gasteiger partial charge < -0.3 is 5.32 Å². The molecule has 1 amide bonds. The summed E-state index contributed by atoms with van der Waals surface area (Å²) in [4.78, 5) is 34.5. The zero-order chi connectivity index (χ0) is 16.6. The fraction of sp³-hybridized carbons (Fsp3) is 0.250. The van der Waals surface area contributed by atoms with Crippen LogP contribution in [-0.2, 0) is 6.54 Å². The number of nitrogens with zero attached hydrogens (tertiary/aromatic N) is 3. The van der Waals surface area contributed by atoms with E-state index >= 15 is 0 Å². The summed E-state index contributed by atoms with van der Waals surface area (Å²) in [6, 6.07) is 3.69. The molecule has 0 radical (unpaired) electrons. The van der Waals surface area contributed by atoms with Gasteiger partial charge in [-0.2, -0.15) is 0 Å². The quantitative estimate of drug-likeness (QED) is 0.802. The molecular formula is C16H16N4O2S. The minimum Gasteiger partial charge on any atom is -0.306 e. The van der Waals surface area contributed by atoms with Gasteiger partial charge in [-0.05, 0) is 38.0 Å². The number of fused-ring (bicyclic) bond motifs is 1. The van der Waals surface area contributed by atoms with Gasteiger partial charge in [-0.3, -0.25) is 14.2 Å². The summed E-state index contributed by atoms with van der Waals surface area (Å²) in [5.41, 5.74) is 1.43. The molecule has 3 aromatic heterocycles. The number of hydrogen-bond donors (Lipinski definition) is 1. The van der Waals surface area contributed by atoms with Crippen LogP contribution in [0.5, 0.6) is 0 Å². The smallest absolute Gasteiger partial charge is 0.267 e. The molecule has 0 aliphatic rings. The Labute approximate surface area is 136 Å². The van der Waals surface area contributed by atoms with Crippen LogP contribution >= 0.6 is 11.3 Å². The molecule has 0 spiro atoms. The van der Waals surface area contributed by atoms with Crippen LogP contribution in [0.3, 0.4) is 0 Å². The van der Waals surface area contributed by atoms with Gasteiger partial charge in [0.2, 0.25) is 0 Å². The number of pyridine rings is 1. The van der Waals surface area contributed by atoms with Crippen molar-refractivity contribution >= 4 is 33.3 Å². The molecule has 3 aromatic rings. The molecule has 0 saturated heterocycles. The Hall–Kier alpha value is -2.54. The van der Waals surface area contributed by atoms with E-state index in [2.05, 4.69) is 15.3 Å². The summed E-state index contributed by atoms with van der Waals surface area (Å²) in [6.07, 6.45) is 3.15. The SMILES string of the molecule is CCn1cnc2sc(C(=O)Nc3ncccc3C)c(C)c2c1=O. The second-order valence-corrected chi connectivity index (χ2v) is 6.19. The molecule has 0 saturated carbocycles. The molecule has 3 heterocycles. The third-order valence-electron chi connectivity index (χ3n) is 3.71. The second kappa shape index (κ2) is 5.92. The number of rotatable bonds is 3. The van der Waals surface area contributed by atoms with Crippen LogP contribution in [0, 0.1) is 13.8 Å². The highest BCUT2D eigenvalue weighted by Gasteiger charge is 2.20. The van der Waals surface area contributed by atoms with Crippen molar-refractivity contribution < 1.29 is 4.79 Å². The van der Waals surface area contributed by atoms with E-state index in [1.54, 1.807) is 13.1 Å². The Morgan fingerprint density at radius 1 is 1.35 bits per heavy atom. The number of aromatic nitrogens is 3. The number of aryl methyl sites for hydroxylation is 3. The van der Waals surface area contributed by atoms with E-state index in [4.69, 9.17) is 0 Å². The van der Waals surface area contributed by atoms with Crippen LogP contribution in [0.1, 0.15) is 27.7 Å². The van der Waals surface area contributed by atoms with Gasteiger partial charge in [0.1, 0.15) is 10.6 Å². The van der Waals surface area contributed by atoms with Gasteiger partial charge in [-0.25, -0.2) is 9.97 Å². The Bertz CT molecular complexity index is 958. The Morgan fingerprint density at radius 2 is 2.13 bits per heavy atom. The van der Waals surface area contributed by atoms with Gasteiger partial charge in [0.05, 0.1) is 16.6 Å². The average Bonchev–Trinajstić information content (AvgIpc) is 2.88. The average molecular weight is 328 g/mol. The van der Waals surface area contributed by atoms with Crippen molar-refractivity contribution in [3.05, 3.63) is 51.0 Å². The summed E-state index contributed by atoms with van der Waals surface area (Å²) >= 11 is 1.23. The summed E-state index contributed by atoms with van der Waals surface area (Å²) < 4.78 is 1.53. The highest BCUT2D eigenvalue weighted by atomic mass is 32.1. The molecule has 0 aromatic carbocycles. The van der Waals surface area contributed by atoms with Crippen LogP contribution in [0.2, 0.25) is 0 Å². The van der Waals surface area contributed by atoms with Gasteiger partial charge >= 0.3 is 0 Å². The standard InChI is InChI=1S/C16H16N4O2S/c1-4-20-8-18-15-11(16(20)22)10(3)12(23-15)14(21)19-13-9(2)6-5-7-17-13/h5-8H,4H2,1-3H3,(H,17,19,21).